The number of nitrogens with one attached hydrogen (secondary N) is 1. The van der Waals surface area contributed by atoms with Crippen LogP contribution in [0, 0.1) is 6.92 Å². The molecular formula is C26H45N. The molecule has 0 aliphatic carbocycles. The topological polar surface area (TPSA) is 15.8 Å². The summed E-state index contributed by atoms with van der Waals surface area (Å²) in [6.45, 7) is 17.0. The summed E-state index contributed by atoms with van der Waals surface area (Å²) in [4.78, 5) is 3.41. The van der Waals surface area contributed by atoms with Crippen LogP contribution in [-0.4, -0.2) is 4.98 Å². The van der Waals surface area contributed by atoms with E-state index in [-0.39, 0.29) is 1.43 Å². The molecule has 0 aliphatic heterocycles. The molecule has 154 valence electrons. The van der Waals surface area contributed by atoms with Gasteiger partial charge in [0, 0.05) is 13.3 Å². The molecule has 1 atom stereocenters. The molecule has 0 bridgehead atoms. The third kappa shape index (κ3) is 12.3. The van der Waals surface area contributed by atoms with E-state index in [0.717, 1.165) is 6.42 Å². The fourth-order valence-corrected chi connectivity index (χ4v) is 2.94. The van der Waals surface area contributed by atoms with Crippen molar-refractivity contribution in [3.63, 3.8) is 0 Å². The number of unbranched alkanes of at least 4 members (excludes halogenated alkanes) is 1. The van der Waals surface area contributed by atoms with Crippen molar-refractivity contribution in [2.45, 2.75) is 92.4 Å². The van der Waals surface area contributed by atoms with Gasteiger partial charge in [-0.25, -0.2) is 0 Å². The van der Waals surface area contributed by atoms with Crippen molar-refractivity contribution < 1.29 is 1.43 Å². The third-order valence-corrected chi connectivity index (χ3v) is 4.67. The van der Waals surface area contributed by atoms with Gasteiger partial charge < -0.3 is 4.98 Å². The monoisotopic (exact) mass is 371 g/mol. The molecule has 0 amide bonds. The highest BCUT2D eigenvalue weighted by Crippen LogP contribution is 2.22. The summed E-state index contributed by atoms with van der Waals surface area (Å²) in [6, 6.07) is 12.6. The van der Waals surface area contributed by atoms with E-state index in [1.165, 1.54) is 60.9 Å². The molecule has 0 aliphatic rings. The number of hydrogen-bond donors (Lipinski definition) is 1. The SMILES string of the molecule is C=C(CCC)CCCC[C@H](C)c1cc(CC)c[nH]1.CC.Cc1ccccc1.[HH]. The summed E-state index contributed by atoms with van der Waals surface area (Å²) in [5.74, 6) is 0.657. The van der Waals surface area contributed by atoms with Gasteiger partial charge in [-0.3, -0.25) is 0 Å². The lowest BCUT2D eigenvalue weighted by Gasteiger charge is -2.10. The minimum Gasteiger partial charge on any atom is -0.364 e. The Bertz CT molecular complexity index is 585. The number of hydrogen-bond acceptors (Lipinski definition) is 0. The van der Waals surface area contributed by atoms with Crippen LogP contribution in [0.2, 0.25) is 0 Å². The van der Waals surface area contributed by atoms with Gasteiger partial charge in [-0.15, -0.1) is 0 Å². The number of H-pyrrole nitrogens is 1. The van der Waals surface area contributed by atoms with E-state index in [0.29, 0.717) is 5.92 Å². The van der Waals surface area contributed by atoms with Gasteiger partial charge in [-0.05, 0) is 56.6 Å². The van der Waals surface area contributed by atoms with Gasteiger partial charge in [-0.1, -0.05) is 95.5 Å². The van der Waals surface area contributed by atoms with Crippen LogP contribution in [0.1, 0.15) is 97.3 Å². The van der Waals surface area contributed by atoms with E-state index < -0.39 is 0 Å². The molecule has 0 spiro atoms. The first-order chi connectivity index (χ1) is 13.1. The molecule has 27 heavy (non-hydrogen) atoms. The maximum absolute atomic E-state index is 4.13. The zero-order chi connectivity index (χ0) is 20.5. The Labute approximate surface area is 170 Å². The van der Waals surface area contributed by atoms with Crippen molar-refractivity contribution in [3.05, 3.63) is 71.6 Å². The predicted octanol–water partition coefficient (Wildman–Crippen LogP) is 8.86. The fourth-order valence-electron chi connectivity index (χ4n) is 2.94. The Balaban J connectivity index is 0. The van der Waals surface area contributed by atoms with Crippen molar-refractivity contribution in [3.8, 4) is 0 Å². The molecule has 0 saturated heterocycles. The minimum atomic E-state index is 0. The summed E-state index contributed by atoms with van der Waals surface area (Å²) in [7, 11) is 0. The maximum atomic E-state index is 4.13. The lowest BCUT2D eigenvalue weighted by Crippen LogP contribution is -1.94. The first-order valence-electron chi connectivity index (χ1n) is 10.9. The van der Waals surface area contributed by atoms with E-state index >= 15 is 0 Å². The maximum Gasteiger partial charge on any atom is 0.0178 e. The number of aromatic nitrogens is 1. The molecule has 2 aromatic rings. The van der Waals surface area contributed by atoms with Crippen LogP contribution in [0.4, 0.5) is 0 Å². The molecule has 0 fully saturated rings. The summed E-state index contributed by atoms with van der Waals surface area (Å²) in [5, 5.41) is 0. The van der Waals surface area contributed by atoms with Crippen molar-refractivity contribution in [1.82, 2.24) is 4.98 Å². The zero-order valence-electron chi connectivity index (χ0n) is 18.8. The van der Waals surface area contributed by atoms with E-state index in [4.69, 9.17) is 0 Å². The molecule has 2 rings (SSSR count). The highest BCUT2D eigenvalue weighted by Gasteiger charge is 2.07. The molecular weight excluding hydrogens is 326 g/mol. The molecule has 1 heterocycles. The normalized spacial score (nSPS) is 10.9. The van der Waals surface area contributed by atoms with Gasteiger partial charge in [-0.2, -0.15) is 0 Å². The lowest BCUT2D eigenvalue weighted by molar-refractivity contribution is 0.590. The second-order valence-corrected chi connectivity index (χ2v) is 7.12. The number of allylic oxidation sites excluding steroid dienone is 1. The first-order valence-corrected chi connectivity index (χ1v) is 10.9. The van der Waals surface area contributed by atoms with Gasteiger partial charge in [0.25, 0.3) is 0 Å². The van der Waals surface area contributed by atoms with Gasteiger partial charge in [0.2, 0.25) is 0 Å². The first kappa shape index (κ1) is 25.2. The average Bonchev–Trinajstić information content (AvgIpc) is 3.17. The van der Waals surface area contributed by atoms with Crippen LogP contribution in [0.15, 0.2) is 54.7 Å². The lowest BCUT2D eigenvalue weighted by atomic mass is 9.97. The number of aromatic amines is 1. The number of rotatable bonds is 9. The Morgan fingerprint density at radius 2 is 1.74 bits per heavy atom. The molecule has 0 saturated carbocycles. The predicted molar refractivity (Wildman–Crippen MR) is 126 cm³/mol. The largest absolute Gasteiger partial charge is 0.364 e. The molecule has 1 aromatic carbocycles. The van der Waals surface area contributed by atoms with E-state index in [2.05, 4.69) is 63.7 Å². The second kappa shape index (κ2) is 16.4. The van der Waals surface area contributed by atoms with Crippen molar-refractivity contribution in [2.75, 3.05) is 0 Å². The Morgan fingerprint density at radius 3 is 2.22 bits per heavy atom. The van der Waals surface area contributed by atoms with Gasteiger partial charge in [0.15, 0.2) is 0 Å². The van der Waals surface area contributed by atoms with Crippen molar-refractivity contribution in [1.29, 1.82) is 0 Å². The van der Waals surface area contributed by atoms with E-state index in [9.17, 15) is 0 Å². The van der Waals surface area contributed by atoms with Gasteiger partial charge >= 0.3 is 0 Å². The zero-order valence-corrected chi connectivity index (χ0v) is 18.8. The molecule has 1 nitrogen and oxygen atoms in total. The summed E-state index contributed by atoms with van der Waals surface area (Å²) < 4.78 is 0. The van der Waals surface area contributed by atoms with Gasteiger partial charge in [0.1, 0.15) is 0 Å². The second-order valence-electron chi connectivity index (χ2n) is 7.12. The molecule has 1 heteroatoms. The molecule has 0 unspecified atom stereocenters. The van der Waals surface area contributed by atoms with Crippen molar-refractivity contribution in [2.24, 2.45) is 0 Å². The standard InChI is InChI=1S/C17H29N.C7H8.C2H6.H2/c1-5-9-14(3)10-7-8-11-15(4)17-12-16(6-2)13-18-17;1-7-5-3-2-4-6-7;1-2;/h12-13,15,18H,3,5-11H2,1-2,4H3;2-6H,1H3;1-2H3;1H/t15-;;;/m0.../s1. The summed E-state index contributed by atoms with van der Waals surface area (Å²) in [6.07, 6.45) is 10.8. The van der Waals surface area contributed by atoms with E-state index in [1.807, 2.05) is 32.0 Å². The molecule has 1 N–H and O–H groups in total. The Hall–Kier alpha value is -1.76. The van der Waals surface area contributed by atoms with Crippen LogP contribution in [0.3, 0.4) is 0 Å². The fraction of sp³-hybridized carbons (Fsp3) is 0.538. The van der Waals surface area contributed by atoms with Crippen LogP contribution < -0.4 is 0 Å². The highest BCUT2D eigenvalue weighted by atomic mass is 14.7. The van der Waals surface area contributed by atoms with Crippen LogP contribution in [-0.2, 0) is 6.42 Å². The Kier molecular flexibility index (Phi) is 15.3. The van der Waals surface area contributed by atoms with Gasteiger partial charge in [0.05, 0.1) is 0 Å². The summed E-state index contributed by atoms with van der Waals surface area (Å²) >= 11 is 0. The number of aryl methyl sites for hydroxylation is 2. The average molecular weight is 372 g/mol. The van der Waals surface area contributed by atoms with E-state index in [1.54, 1.807) is 0 Å². The minimum absolute atomic E-state index is 0. The summed E-state index contributed by atoms with van der Waals surface area (Å²) in [5.41, 5.74) is 5.58. The van der Waals surface area contributed by atoms with Crippen LogP contribution >= 0.6 is 0 Å². The van der Waals surface area contributed by atoms with Crippen molar-refractivity contribution >= 4 is 0 Å². The molecule has 1 aromatic heterocycles. The smallest absolute Gasteiger partial charge is 0.0178 e. The quantitative estimate of drug-likeness (QED) is 0.334. The Morgan fingerprint density at radius 1 is 1.07 bits per heavy atom. The highest BCUT2D eigenvalue weighted by molar-refractivity contribution is 5.19. The van der Waals surface area contributed by atoms with Crippen LogP contribution in [0.25, 0.3) is 0 Å². The molecule has 0 radical (unpaired) electrons. The third-order valence-electron chi connectivity index (χ3n) is 4.67. The van der Waals surface area contributed by atoms with Crippen LogP contribution in [0.5, 0.6) is 0 Å². The number of benzene rings is 1.